The highest BCUT2D eigenvalue weighted by molar-refractivity contribution is 5.75. The molecule has 0 atom stereocenters. The van der Waals surface area contributed by atoms with Crippen molar-refractivity contribution in [3.8, 4) is 17.1 Å². The first-order valence-corrected chi connectivity index (χ1v) is 8.62. The van der Waals surface area contributed by atoms with Crippen molar-refractivity contribution in [2.75, 3.05) is 7.11 Å². The van der Waals surface area contributed by atoms with Gasteiger partial charge in [0.05, 0.1) is 13.7 Å². The molecule has 2 aromatic carbocycles. The number of benzene rings is 2. The number of nitrogens with one attached hydrogen (secondary N) is 1. The molecule has 1 aromatic heterocycles. The third kappa shape index (κ3) is 5.37. The summed E-state index contributed by atoms with van der Waals surface area (Å²) in [7, 11) is 1.60. The predicted octanol–water partition coefficient (Wildman–Crippen LogP) is 3.52. The molecule has 0 aliphatic rings. The van der Waals surface area contributed by atoms with Crippen LogP contribution >= 0.6 is 0 Å². The number of amides is 1. The fourth-order valence-electron chi connectivity index (χ4n) is 2.55. The molecule has 0 bridgehead atoms. The van der Waals surface area contributed by atoms with Crippen LogP contribution in [0.4, 0.5) is 4.39 Å². The van der Waals surface area contributed by atoms with Gasteiger partial charge < -0.3 is 14.6 Å². The Balaban J connectivity index is 1.43. The molecule has 1 amide bonds. The van der Waals surface area contributed by atoms with Gasteiger partial charge in [-0.25, -0.2) is 4.39 Å². The van der Waals surface area contributed by atoms with Crippen LogP contribution < -0.4 is 10.1 Å². The van der Waals surface area contributed by atoms with Crippen molar-refractivity contribution in [2.45, 2.75) is 25.8 Å². The van der Waals surface area contributed by atoms with Crippen molar-refractivity contribution in [3.05, 3.63) is 65.8 Å². The molecule has 0 aliphatic heterocycles. The lowest BCUT2D eigenvalue weighted by Gasteiger charge is -2.03. The molecule has 3 rings (SSSR count). The standard InChI is InChI=1S/C20H20FN3O3/c1-26-17-11-7-15(8-12-17)20-23-19(27-24-20)13-22-18(25)4-2-3-14-5-9-16(21)10-6-14/h5-12H,2-4,13H2,1H3,(H,22,25). The molecule has 1 N–H and O–H groups in total. The number of methoxy groups -OCH3 is 1. The van der Waals surface area contributed by atoms with E-state index in [1.165, 1.54) is 12.1 Å². The average Bonchev–Trinajstić information content (AvgIpc) is 3.17. The molecular formula is C20H20FN3O3. The van der Waals surface area contributed by atoms with E-state index in [0.29, 0.717) is 24.6 Å². The highest BCUT2D eigenvalue weighted by Crippen LogP contribution is 2.19. The number of rotatable bonds is 8. The van der Waals surface area contributed by atoms with E-state index < -0.39 is 0 Å². The van der Waals surface area contributed by atoms with Gasteiger partial charge in [-0.1, -0.05) is 17.3 Å². The molecule has 0 saturated heterocycles. The van der Waals surface area contributed by atoms with E-state index >= 15 is 0 Å². The normalized spacial score (nSPS) is 10.6. The van der Waals surface area contributed by atoms with E-state index in [4.69, 9.17) is 9.26 Å². The summed E-state index contributed by atoms with van der Waals surface area (Å²) >= 11 is 0. The van der Waals surface area contributed by atoms with Crippen LogP contribution in [0.15, 0.2) is 53.1 Å². The molecule has 0 fully saturated rings. The summed E-state index contributed by atoms with van der Waals surface area (Å²) in [6.07, 6.45) is 1.77. The van der Waals surface area contributed by atoms with Gasteiger partial charge in [-0.2, -0.15) is 4.98 Å². The maximum Gasteiger partial charge on any atom is 0.246 e. The van der Waals surface area contributed by atoms with Crippen LogP contribution in [-0.2, 0) is 17.8 Å². The van der Waals surface area contributed by atoms with Gasteiger partial charge >= 0.3 is 0 Å². The smallest absolute Gasteiger partial charge is 0.246 e. The quantitative estimate of drug-likeness (QED) is 0.657. The largest absolute Gasteiger partial charge is 0.497 e. The Morgan fingerprint density at radius 2 is 1.89 bits per heavy atom. The van der Waals surface area contributed by atoms with Crippen LogP contribution in [-0.4, -0.2) is 23.2 Å². The molecule has 1 heterocycles. The third-order valence-corrected chi connectivity index (χ3v) is 4.04. The second kappa shape index (κ2) is 8.93. The highest BCUT2D eigenvalue weighted by Gasteiger charge is 2.10. The van der Waals surface area contributed by atoms with Crippen molar-refractivity contribution in [1.29, 1.82) is 0 Å². The van der Waals surface area contributed by atoms with Crippen LogP contribution in [0.2, 0.25) is 0 Å². The minimum Gasteiger partial charge on any atom is -0.497 e. The summed E-state index contributed by atoms with van der Waals surface area (Å²) < 4.78 is 23.1. The molecule has 0 spiro atoms. The van der Waals surface area contributed by atoms with Crippen molar-refractivity contribution in [2.24, 2.45) is 0 Å². The molecule has 0 unspecified atom stereocenters. The number of aryl methyl sites for hydroxylation is 1. The number of halogens is 1. The minimum absolute atomic E-state index is 0.0960. The van der Waals surface area contributed by atoms with E-state index in [2.05, 4.69) is 15.5 Å². The fraction of sp³-hybridized carbons (Fsp3) is 0.250. The van der Waals surface area contributed by atoms with Gasteiger partial charge in [0, 0.05) is 12.0 Å². The van der Waals surface area contributed by atoms with Crippen molar-refractivity contribution in [1.82, 2.24) is 15.5 Å². The summed E-state index contributed by atoms with van der Waals surface area (Å²) in [4.78, 5) is 16.2. The molecule has 0 radical (unpaired) electrons. The Hall–Kier alpha value is -3.22. The molecule has 0 aliphatic carbocycles. The Morgan fingerprint density at radius 3 is 2.59 bits per heavy atom. The van der Waals surface area contributed by atoms with Crippen LogP contribution in [0.5, 0.6) is 5.75 Å². The zero-order valence-corrected chi connectivity index (χ0v) is 14.9. The average molecular weight is 369 g/mol. The lowest BCUT2D eigenvalue weighted by Crippen LogP contribution is -2.22. The van der Waals surface area contributed by atoms with Gasteiger partial charge in [0.25, 0.3) is 0 Å². The third-order valence-electron chi connectivity index (χ3n) is 4.04. The molecular weight excluding hydrogens is 349 g/mol. The maximum atomic E-state index is 12.9. The van der Waals surface area contributed by atoms with Crippen LogP contribution in [0.25, 0.3) is 11.4 Å². The molecule has 6 nitrogen and oxygen atoms in total. The topological polar surface area (TPSA) is 77.3 Å². The predicted molar refractivity (Wildman–Crippen MR) is 97.5 cm³/mol. The first-order chi connectivity index (χ1) is 13.1. The van der Waals surface area contributed by atoms with E-state index in [-0.39, 0.29) is 18.3 Å². The Kier molecular flexibility index (Phi) is 6.14. The van der Waals surface area contributed by atoms with Crippen molar-refractivity contribution in [3.63, 3.8) is 0 Å². The van der Waals surface area contributed by atoms with Gasteiger partial charge in [0.15, 0.2) is 0 Å². The Morgan fingerprint density at radius 1 is 1.15 bits per heavy atom. The number of nitrogens with zero attached hydrogens (tertiary/aromatic N) is 2. The first kappa shape index (κ1) is 18.6. The van der Waals surface area contributed by atoms with Gasteiger partial charge in [0.1, 0.15) is 11.6 Å². The minimum atomic E-state index is -0.259. The monoisotopic (exact) mass is 369 g/mol. The molecule has 140 valence electrons. The summed E-state index contributed by atoms with van der Waals surface area (Å²) in [5.74, 6) is 1.19. The molecule has 3 aromatic rings. The SMILES string of the molecule is COc1ccc(-c2noc(CNC(=O)CCCc3ccc(F)cc3)n2)cc1. The van der Waals surface area contributed by atoms with Gasteiger partial charge in [-0.3, -0.25) is 4.79 Å². The number of carbonyl (C=O) groups is 1. The molecule has 0 saturated carbocycles. The number of aromatic nitrogens is 2. The van der Waals surface area contributed by atoms with Gasteiger partial charge in [-0.05, 0) is 54.8 Å². The summed E-state index contributed by atoms with van der Waals surface area (Å²) in [6, 6.07) is 13.6. The second-order valence-electron chi connectivity index (χ2n) is 6.00. The fourth-order valence-corrected chi connectivity index (χ4v) is 2.55. The summed E-state index contributed by atoms with van der Waals surface area (Å²) in [5, 5.41) is 6.68. The Labute approximate surface area is 156 Å². The second-order valence-corrected chi connectivity index (χ2v) is 6.00. The molecule has 27 heavy (non-hydrogen) atoms. The van der Waals surface area contributed by atoms with Gasteiger partial charge in [0.2, 0.25) is 17.6 Å². The number of carbonyl (C=O) groups excluding carboxylic acids is 1. The Bertz CT molecular complexity index is 876. The first-order valence-electron chi connectivity index (χ1n) is 8.62. The molecule has 7 heteroatoms. The number of hydrogen-bond acceptors (Lipinski definition) is 5. The van der Waals surface area contributed by atoms with E-state index in [1.54, 1.807) is 19.2 Å². The highest BCUT2D eigenvalue weighted by atomic mass is 19.1. The lowest BCUT2D eigenvalue weighted by molar-refractivity contribution is -0.121. The van der Waals surface area contributed by atoms with E-state index in [9.17, 15) is 9.18 Å². The van der Waals surface area contributed by atoms with Crippen LogP contribution in [0, 0.1) is 5.82 Å². The zero-order chi connectivity index (χ0) is 19.1. The summed E-state index contributed by atoms with van der Waals surface area (Å²) in [6.45, 7) is 0.179. The van der Waals surface area contributed by atoms with Crippen molar-refractivity contribution < 1.29 is 18.4 Å². The van der Waals surface area contributed by atoms with Gasteiger partial charge in [-0.15, -0.1) is 0 Å². The maximum absolute atomic E-state index is 12.9. The zero-order valence-electron chi connectivity index (χ0n) is 14.9. The summed E-state index contributed by atoms with van der Waals surface area (Å²) in [5.41, 5.74) is 1.81. The van der Waals surface area contributed by atoms with Crippen LogP contribution in [0.1, 0.15) is 24.3 Å². The van der Waals surface area contributed by atoms with E-state index in [0.717, 1.165) is 23.3 Å². The van der Waals surface area contributed by atoms with Crippen molar-refractivity contribution >= 4 is 5.91 Å². The van der Waals surface area contributed by atoms with E-state index in [1.807, 2.05) is 24.3 Å². The number of ether oxygens (including phenoxy) is 1. The van der Waals surface area contributed by atoms with Crippen LogP contribution in [0.3, 0.4) is 0 Å². The lowest BCUT2D eigenvalue weighted by atomic mass is 10.1. The number of hydrogen-bond donors (Lipinski definition) is 1.